The van der Waals surface area contributed by atoms with Crippen LogP contribution < -0.4 is 0 Å². The van der Waals surface area contributed by atoms with Gasteiger partial charge in [-0.25, -0.2) is 0 Å². The molecule has 0 spiro atoms. The van der Waals surface area contributed by atoms with E-state index in [9.17, 15) is 5.11 Å². The summed E-state index contributed by atoms with van der Waals surface area (Å²) in [6.45, 7) is 0.995. The fraction of sp³-hybridized carbons (Fsp3) is 0.294. The summed E-state index contributed by atoms with van der Waals surface area (Å²) >= 11 is 0. The lowest BCUT2D eigenvalue weighted by molar-refractivity contribution is 0.397. The highest BCUT2D eigenvalue weighted by atomic mass is 16.3. The maximum Gasteiger partial charge on any atom is 0.118 e. The number of phenolic OH excluding ortho intramolecular Hbond substituents is 1. The third kappa shape index (κ3) is 5.00. The van der Waals surface area contributed by atoms with Crippen LogP contribution in [0.3, 0.4) is 0 Å². The number of azo groups is 1. The summed E-state index contributed by atoms with van der Waals surface area (Å²) in [4.78, 5) is 2.13. The Morgan fingerprint density at radius 3 is 2.38 bits per heavy atom. The Morgan fingerprint density at radius 1 is 0.952 bits per heavy atom. The molecule has 0 bridgehead atoms. The van der Waals surface area contributed by atoms with Crippen molar-refractivity contribution in [3.63, 3.8) is 0 Å². The van der Waals surface area contributed by atoms with Crippen LogP contribution in [0.1, 0.15) is 12.0 Å². The number of hydrogen-bond donors (Lipinski definition) is 1. The van der Waals surface area contributed by atoms with Crippen molar-refractivity contribution >= 4 is 11.4 Å². The van der Waals surface area contributed by atoms with Gasteiger partial charge in [0.1, 0.15) is 5.75 Å². The predicted molar refractivity (Wildman–Crippen MR) is 85.6 cm³/mol. The Kier molecular flexibility index (Phi) is 5.46. The number of rotatable bonds is 6. The van der Waals surface area contributed by atoms with Crippen LogP contribution in [0.25, 0.3) is 0 Å². The maximum absolute atomic E-state index is 9.90. The van der Waals surface area contributed by atoms with Gasteiger partial charge in [-0.3, -0.25) is 0 Å². The topological polar surface area (TPSA) is 48.2 Å². The zero-order chi connectivity index (χ0) is 15.1. The molecular formula is C17H21N3O. The Labute approximate surface area is 125 Å². The van der Waals surface area contributed by atoms with Crippen molar-refractivity contribution in [2.45, 2.75) is 12.8 Å². The molecule has 110 valence electrons. The van der Waals surface area contributed by atoms with E-state index in [0.717, 1.165) is 36.3 Å². The molecule has 0 aliphatic carbocycles. The van der Waals surface area contributed by atoms with Crippen molar-refractivity contribution < 1.29 is 5.11 Å². The van der Waals surface area contributed by atoms with E-state index < -0.39 is 0 Å². The molecule has 0 saturated carbocycles. The van der Waals surface area contributed by atoms with Crippen molar-refractivity contribution in [2.75, 3.05) is 20.6 Å². The molecule has 0 radical (unpaired) electrons. The molecule has 0 aliphatic rings. The highest BCUT2D eigenvalue weighted by molar-refractivity contribution is 5.47. The third-order valence-electron chi connectivity index (χ3n) is 3.15. The molecule has 4 nitrogen and oxygen atoms in total. The summed E-state index contributed by atoms with van der Waals surface area (Å²) in [7, 11) is 4.09. The van der Waals surface area contributed by atoms with Crippen molar-refractivity contribution in [1.29, 1.82) is 0 Å². The fourth-order valence-corrected chi connectivity index (χ4v) is 2.03. The van der Waals surface area contributed by atoms with Gasteiger partial charge in [0.15, 0.2) is 0 Å². The molecule has 0 aromatic heterocycles. The van der Waals surface area contributed by atoms with Gasteiger partial charge in [-0.1, -0.05) is 18.2 Å². The minimum Gasteiger partial charge on any atom is -0.508 e. The quantitative estimate of drug-likeness (QED) is 0.803. The highest BCUT2D eigenvalue weighted by Crippen LogP contribution is 2.26. The van der Waals surface area contributed by atoms with E-state index in [2.05, 4.69) is 15.1 Å². The van der Waals surface area contributed by atoms with Gasteiger partial charge in [0.2, 0.25) is 0 Å². The molecule has 2 aromatic carbocycles. The van der Waals surface area contributed by atoms with Crippen LogP contribution in [-0.2, 0) is 6.42 Å². The minimum absolute atomic E-state index is 0.326. The summed E-state index contributed by atoms with van der Waals surface area (Å²) in [5.41, 5.74) is 2.50. The van der Waals surface area contributed by atoms with Gasteiger partial charge in [0, 0.05) is 0 Å². The first-order chi connectivity index (χ1) is 10.1. The first-order valence-electron chi connectivity index (χ1n) is 7.08. The number of aryl methyl sites for hydroxylation is 1. The molecule has 0 fully saturated rings. The second kappa shape index (κ2) is 7.55. The lowest BCUT2D eigenvalue weighted by atomic mass is 10.1. The molecule has 0 aliphatic heterocycles. The molecular weight excluding hydrogens is 262 g/mol. The molecule has 1 N–H and O–H groups in total. The van der Waals surface area contributed by atoms with E-state index in [1.54, 1.807) is 12.1 Å². The van der Waals surface area contributed by atoms with Gasteiger partial charge in [-0.15, -0.1) is 0 Å². The first kappa shape index (κ1) is 15.2. The monoisotopic (exact) mass is 283 g/mol. The van der Waals surface area contributed by atoms with Crippen molar-refractivity contribution in [1.82, 2.24) is 4.90 Å². The van der Waals surface area contributed by atoms with E-state index in [-0.39, 0.29) is 0 Å². The number of aromatic hydroxyl groups is 1. The first-order valence-corrected chi connectivity index (χ1v) is 7.08. The van der Waals surface area contributed by atoms with Crippen LogP contribution in [0, 0.1) is 0 Å². The molecule has 0 heterocycles. The Balaban J connectivity index is 2.06. The third-order valence-corrected chi connectivity index (χ3v) is 3.15. The second-order valence-electron chi connectivity index (χ2n) is 5.26. The van der Waals surface area contributed by atoms with Crippen LogP contribution in [0.15, 0.2) is 58.8 Å². The maximum atomic E-state index is 9.90. The largest absolute Gasteiger partial charge is 0.508 e. The van der Waals surface area contributed by atoms with Gasteiger partial charge >= 0.3 is 0 Å². The lowest BCUT2D eigenvalue weighted by Crippen LogP contribution is -2.13. The second-order valence-corrected chi connectivity index (χ2v) is 5.26. The SMILES string of the molecule is CN(C)CCCc1cc(N=Nc2ccccc2)ccc1O. The van der Waals surface area contributed by atoms with E-state index in [0.29, 0.717) is 5.75 Å². The molecule has 4 heteroatoms. The Hall–Kier alpha value is -2.20. The van der Waals surface area contributed by atoms with Gasteiger partial charge in [-0.05, 0) is 69.4 Å². The molecule has 0 saturated heterocycles. The van der Waals surface area contributed by atoms with Gasteiger partial charge < -0.3 is 10.0 Å². The smallest absolute Gasteiger partial charge is 0.118 e. The Morgan fingerprint density at radius 2 is 1.67 bits per heavy atom. The lowest BCUT2D eigenvalue weighted by Gasteiger charge is -2.10. The van der Waals surface area contributed by atoms with E-state index in [4.69, 9.17) is 0 Å². The molecule has 2 aromatic rings. The summed E-state index contributed by atoms with van der Waals surface area (Å²) in [6, 6.07) is 15.0. The zero-order valence-electron chi connectivity index (χ0n) is 12.5. The molecule has 0 amide bonds. The summed E-state index contributed by atoms with van der Waals surface area (Å²) in [6.07, 6.45) is 1.83. The standard InChI is InChI=1S/C17H21N3O/c1-20(2)12-6-7-14-13-16(10-11-17(14)21)19-18-15-8-4-3-5-9-15/h3-5,8-11,13,21H,6-7,12H2,1-2H3. The number of benzene rings is 2. The highest BCUT2D eigenvalue weighted by Gasteiger charge is 2.03. The van der Waals surface area contributed by atoms with E-state index in [1.165, 1.54) is 0 Å². The van der Waals surface area contributed by atoms with Crippen LogP contribution in [0.4, 0.5) is 11.4 Å². The van der Waals surface area contributed by atoms with Gasteiger partial charge in [0.05, 0.1) is 11.4 Å². The molecule has 21 heavy (non-hydrogen) atoms. The molecule has 2 rings (SSSR count). The van der Waals surface area contributed by atoms with E-state index >= 15 is 0 Å². The molecule has 0 atom stereocenters. The zero-order valence-corrected chi connectivity index (χ0v) is 12.5. The van der Waals surface area contributed by atoms with Crippen LogP contribution in [-0.4, -0.2) is 30.6 Å². The fourth-order valence-electron chi connectivity index (χ4n) is 2.03. The number of nitrogens with zero attached hydrogens (tertiary/aromatic N) is 3. The van der Waals surface area contributed by atoms with Gasteiger partial charge in [-0.2, -0.15) is 10.2 Å². The van der Waals surface area contributed by atoms with Crippen molar-refractivity contribution in [2.24, 2.45) is 10.2 Å². The van der Waals surface area contributed by atoms with Crippen LogP contribution in [0.5, 0.6) is 5.75 Å². The number of phenols is 1. The van der Waals surface area contributed by atoms with E-state index in [1.807, 2.05) is 50.5 Å². The summed E-state index contributed by atoms with van der Waals surface area (Å²) in [5.74, 6) is 0.326. The average molecular weight is 283 g/mol. The van der Waals surface area contributed by atoms with Crippen LogP contribution >= 0.6 is 0 Å². The predicted octanol–water partition coefficient (Wildman–Crippen LogP) is 4.30. The van der Waals surface area contributed by atoms with Crippen LogP contribution in [0.2, 0.25) is 0 Å². The number of hydrogen-bond acceptors (Lipinski definition) is 4. The van der Waals surface area contributed by atoms with Crippen molar-refractivity contribution in [3.05, 3.63) is 54.1 Å². The summed E-state index contributed by atoms with van der Waals surface area (Å²) in [5, 5.41) is 18.3. The van der Waals surface area contributed by atoms with Gasteiger partial charge in [0.25, 0.3) is 0 Å². The Bertz CT molecular complexity index is 594. The normalized spacial score (nSPS) is 11.4. The minimum atomic E-state index is 0.326. The van der Waals surface area contributed by atoms with Crippen molar-refractivity contribution in [3.8, 4) is 5.75 Å². The average Bonchev–Trinajstić information content (AvgIpc) is 2.48. The summed E-state index contributed by atoms with van der Waals surface area (Å²) < 4.78 is 0. The molecule has 0 unspecified atom stereocenters.